The number of benzene rings is 2. The Kier molecular flexibility index (Phi) is 3.11. The van der Waals surface area contributed by atoms with E-state index >= 15 is 0 Å². The third-order valence-electron chi connectivity index (χ3n) is 2.79. The third kappa shape index (κ3) is 2.23. The molecule has 7 heteroatoms. The number of ether oxygens (including phenoxy) is 2. The zero-order valence-electron chi connectivity index (χ0n) is 10.2. The molecule has 0 amide bonds. The fraction of sp³-hybridized carbons (Fsp3) is 0.0769. The van der Waals surface area contributed by atoms with Gasteiger partial charge in [-0.05, 0) is 12.1 Å². The summed E-state index contributed by atoms with van der Waals surface area (Å²) in [4.78, 5) is 11.9. The van der Waals surface area contributed by atoms with Crippen LogP contribution in [-0.4, -0.2) is 11.7 Å². The van der Waals surface area contributed by atoms with E-state index in [1.54, 1.807) is 12.1 Å². The van der Waals surface area contributed by atoms with Crippen molar-refractivity contribution in [2.45, 2.75) is 9.79 Å². The van der Waals surface area contributed by atoms with Crippen molar-refractivity contribution < 1.29 is 14.4 Å². The predicted octanol–water partition coefficient (Wildman–Crippen LogP) is 3.06. The third-order valence-corrected chi connectivity index (χ3v) is 3.93. The Labute approximate surface area is 118 Å². The molecular weight excluding hydrogens is 280 g/mol. The molecule has 20 heavy (non-hydrogen) atoms. The van der Waals surface area contributed by atoms with Crippen LogP contribution in [0.3, 0.4) is 0 Å². The van der Waals surface area contributed by atoms with Gasteiger partial charge in [0.2, 0.25) is 6.79 Å². The average molecular weight is 290 g/mol. The van der Waals surface area contributed by atoms with Gasteiger partial charge in [0.25, 0.3) is 5.69 Å². The number of hydrogen-bond donors (Lipinski definition) is 1. The molecule has 2 aromatic rings. The average Bonchev–Trinajstić information content (AvgIpc) is 2.87. The summed E-state index contributed by atoms with van der Waals surface area (Å²) in [5.74, 6) is 0.898. The summed E-state index contributed by atoms with van der Waals surface area (Å²) in [7, 11) is 0. The smallest absolute Gasteiger partial charge is 0.287 e. The van der Waals surface area contributed by atoms with Crippen LogP contribution >= 0.6 is 11.8 Å². The summed E-state index contributed by atoms with van der Waals surface area (Å²) >= 11 is 1.23. The SMILES string of the molecule is Nc1ccccc1Sc1cc2c(cc1[N+](=O)[O-])OCO2. The van der Waals surface area contributed by atoms with Crippen molar-refractivity contribution in [3.05, 3.63) is 46.5 Å². The van der Waals surface area contributed by atoms with E-state index in [1.807, 2.05) is 18.2 Å². The van der Waals surface area contributed by atoms with Crippen molar-refractivity contribution in [2.24, 2.45) is 0 Å². The molecule has 2 aromatic carbocycles. The van der Waals surface area contributed by atoms with Gasteiger partial charge in [-0.3, -0.25) is 10.1 Å². The Hall–Kier alpha value is -2.41. The lowest BCUT2D eigenvalue weighted by molar-refractivity contribution is -0.387. The molecule has 102 valence electrons. The molecule has 0 spiro atoms. The molecule has 0 unspecified atom stereocenters. The van der Waals surface area contributed by atoms with Crippen molar-refractivity contribution in [1.29, 1.82) is 0 Å². The molecule has 0 aliphatic carbocycles. The molecule has 2 N–H and O–H groups in total. The van der Waals surface area contributed by atoms with Gasteiger partial charge in [-0.2, -0.15) is 0 Å². The molecule has 0 atom stereocenters. The molecular formula is C13H10N2O4S. The van der Waals surface area contributed by atoms with E-state index in [0.717, 1.165) is 4.90 Å². The highest BCUT2D eigenvalue weighted by molar-refractivity contribution is 7.99. The second kappa shape index (κ2) is 4.93. The first-order chi connectivity index (χ1) is 9.65. The molecule has 6 nitrogen and oxygen atoms in total. The molecule has 0 bridgehead atoms. The topological polar surface area (TPSA) is 87.6 Å². The zero-order valence-corrected chi connectivity index (χ0v) is 11.1. The Morgan fingerprint density at radius 3 is 2.55 bits per heavy atom. The maximum atomic E-state index is 11.2. The molecule has 1 aliphatic heterocycles. The number of para-hydroxylation sites is 1. The summed E-state index contributed by atoms with van der Waals surface area (Å²) in [6.45, 7) is 0.0775. The zero-order chi connectivity index (χ0) is 14.1. The van der Waals surface area contributed by atoms with Gasteiger partial charge in [0.1, 0.15) is 0 Å². The number of fused-ring (bicyclic) bond motifs is 1. The number of nitro benzene ring substituents is 1. The van der Waals surface area contributed by atoms with Crippen molar-refractivity contribution >= 4 is 23.1 Å². The number of nitrogens with zero attached hydrogens (tertiary/aromatic N) is 1. The van der Waals surface area contributed by atoms with E-state index in [-0.39, 0.29) is 12.5 Å². The van der Waals surface area contributed by atoms with E-state index in [4.69, 9.17) is 15.2 Å². The van der Waals surface area contributed by atoms with Crippen LogP contribution in [0.2, 0.25) is 0 Å². The Morgan fingerprint density at radius 2 is 1.85 bits per heavy atom. The second-order valence-electron chi connectivity index (χ2n) is 4.07. The number of nitro groups is 1. The molecule has 0 fully saturated rings. The normalized spacial score (nSPS) is 12.4. The minimum absolute atomic E-state index is 0.0255. The standard InChI is InChI=1S/C13H10N2O4S/c14-8-3-1-2-4-12(8)20-13-6-11-10(18-7-19-11)5-9(13)15(16)17/h1-6H,7,14H2. The Balaban J connectivity index is 2.04. The number of rotatable bonds is 3. The monoisotopic (exact) mass is 290 g/mol. The van der Waals surface area contributed by atoms with Gasteiger partial charge in [-0.15, -0.1) is 0 Å². The molecule has 0 saturated heterocycles. The van der Waals surface area contributed by atoms with Gasteiger partial charge in [0.15, 0.2) is 11.5 Å². The molecule has 0 saturated carbocycles. The van der Waals surface area contributed by atoms with Crippen LogP contribution in [0.4, 0.5) is 11.4 Å². The van der Waals surface area contributed by atoms with Gasteiger partial charge in [-0.1, -0.05) is 23.9 Å². The van der Waals surface area contributed by atoms with Gasteiger partial charge in [-0.25, -0.2) is 0 Å². The van der Waals surface area contributed by atoms with E-state index in [2.05, 4.69) is 0 Å². The Bertz CT molecular complexity index is 690. The molecule has 0 aromatic heterocycles. The molecule has 1 aliphatic rings. The highest BCUT2D eigenvalue weighted by atomic mass is 32.2. The molecule has 0 radical (unpaired) electrons. The van der Waals surface area contributed by atoms with Crippen LogP contribution < -0.4 is 15.2 Å². The highest BCUT2D eigenvalue weighted by Crippen LogP contribution is 2.44. The fourth-order valence-corrected chi connectivity index (χ4v) is 2.80. The van der Waals surface area contributed by atoms with Crippen LogP contribution in [0.1, 0.15) is 0 Å². The van der Waals surface area contributed by atoms with Crippen molar-refractivity contribution in [3.8, 4) is 11.5 Å². The largest absolute Gasteiger partial charge is 0.454 e. The lowest BCUT2D eigenvalue weighted by Gasteiger charge is -2.06. The van der Waals surface area contributed by atoms with Gasteiger partial charge >= 0.3 is 0 Å². The first-order valence-electron chi connectivity index (χ1n) is 5.75. The number of hydrogen-bond acceptors (Lipinski definition) is 6. The molecule has 1 heterocycles. The van der Waals surface area contributed by atoms with E-state index in [0.29, 0.717) is 22.1 Å². The second-order valence-corrected chi connectivity index (χ2v) is 5.15. The van der Waals surface area contributed by atoms with Gasteiger partial charge < -0.3 is 15.2 Å². The maximum Gasteiger partial charge on any atom is 0.287 e. The minimum atomic E-state index is -0.441. The minimum Gasteiger partial charge on any atom is -0.454 e. The fourth-order valence-electron chi connectivity index (χ4n) is 1.83. The van der Waals surface area contributed by atoms with E-state index in [9.17, 15) is 10.1 Å². The van der Waals surface area contributed by atoms with Gasteiger partial charge in [0, 0.05) is 16.6 Å². The number of nitrogen functional groups attached to an aromatic ring is 1. The Morgan fingerprint density at radius 1 is 1.15 bits per heavy atom. The first-order valence-corrected chi connectivity index (χ1v) is 6.57. The van der Waals surface area contributed by atoms with E-state index in [1.165, 1.54) is 17.8 Å². The lowest BCUT2D eigenvalue weighted by Crippen LogP contribution is -1.93. The number of nitrogens with two attached hydrogens (primary N) is 1. The first kappa shape index (κ1) is 12.6. The van der Waals surface area contributed by atoms with E-state index < -0.39 is 4.92 Å². The summed E-state index contributed by atoms with van der Waals surface area (Å²) in [5.41, 5.74) is 6.41. The summed E-state index contributed by atoms with van der Waals surface area (Å²) < 4.78 is 10.4. The van der Waals surface area contributed by atoms with Crippen LogP contribution in [0.5, 0.6) is 11.5 Å². The van der Waals surface area contributed by atoms with Gasteiger partial charge in [0.05, 0.1) is 15.9 Å². The van der Waals surface area contributed by atoms with Crippen LogP contribution in [0, 0.1) is 10.1 Å². The highest BCUT2D eigenvalue weighted by Gasteiger charge is 2.24. The van der Waals surface area contributed by atoms with Crippen molar-refractivity contribution in [3.63, 3.8) is 0 Å². The van der Waals surface area contributed by atoms with Crippen LogP contribution in [0.25, 0.3) is 0 Å². The molecule has 3 rings (SSSR count). The quantitative estimate of drug-likeness (QED) is 0.531. The summed E-state index contributed by atoms with van der Waals surface area (Å²) in [6.07, 6.45) is 0. The number of anilines is 1. The summed E-state index contributed by atoms with van der Waals surface area (Å²) in [5, 5.41) is 11.2. The van der Waals surface area contributed by atoms with Crippen LogP contribution in [-0.2, 0) is 0 Å². The van der Waals surface area contributed by atoms with Crippen LogP contribution in [0.15, 0.2) is 46.2 Å². The maximum absolute atomic E-state index is 11.2. The van der Waals surface area contributed by atoms with Crippen molar-refractivity contribution in [2.75, 3.05) is 12.5 Å². The lowest BCUT2D eigenvalue weighted by atomic mass is 10.3. The summed E-state index contributed by atoms with van der Waals surface area (Å²) in [6, 6.07) is 10.2. The van der Waals surface area contributed by atoms with Crippen molar-refractivity contribution in [1.82, 2.24) is 0 Å². The predicted molar refractivity (Wildman–Crippen MR) is 74.2 cm³/mol.